The van der Waals surface area contributed by atoms with E-state index in [4.69, 9.17) is 0 Å². The van der Waals surface area contributed by atoms with E-state index in [1.54, 1.807) is 0 Å². The van der Waals surface area contributed by atoms with E-state index in [1.807, 2.05) is 18.5 Å². The Kier molecular flexibility index (Phi) is 3.72. The van der Waals surface area contributed by atoms with Crippen molar-refractivity contribution < 1.29 is 0 Å². The molecule has 0 radical (unpaired) electrons. The lowest BCUT2D eigenvalue weighted by Crippen LogP contribution is -2.10. The summed E-state index contributed by atoms with van der Waals surface area (Å²) in [6.07, 6.45) is 6.06. The molecule has 4 aromatic rings. The summed E-state index contributed by atoms with van der Waals surface area (Å²) in [7, 11) is 0. The minimum absolute atomic E-state index is 0.119. The first-order valence-corrected chi connectivity index (χ1v) is 9.20. The van der Waals surface area contributed by atoms with Crippen molar-refractivity contribution in [3.05, 3.63) is 120 Å². The molecule has 0 N–H and O–H groups in total. The largest absolute Gasteiger partial charge is 0.264 e. The van der Waals surface area contributed by atoms with Gasteiger partial charge in [0.25, 0.3) is 0 Å². The number of fused-ring (bicyclic) bond motifs is 2. The number of benzene rings is 3. The Hall–Kier alpha value is -3.45. The molecule has 1 heterocycles. The number of rotatable bonds is 2. The first-order valence-electron chi connectivity index (χ1n) is 9.20. The van der Waals surface area contributed by atoms with E-state index in [9.17, 15) is 0 Å². The van der Waals surface area contributed by atoms with E-state index in [2.05, 4.69) is 90.4 Å². The van der Waals surface area contributed by atoms with E-state index >= 15 is 0 Å². The Labute approximate surface area is 159 Å². The molecule has 0 aliphatic heterocycles. The standard InChI is InChI=1S/C26H19N/c1-18-24-11-5-4-9-21(24)16-25(23-10-6-14-27-17-23)26(18)22-13-12-19-7-2-3-8-20(19)15-22/h2-17,26H,1H2. The topological polar surface area (TPSA) is 12.9 Å². The SMILES string of the molecule is C=C1c2ccccc2C=C(c2cccnc2)C1c1ccc2ccccc2c1. The zero-order valence-corrected chi connectivity index (χ0v) is 15.0. The van der Waals surface area contributed by atoms with Gasteiger partial charge in [0.2, 0.25) is 0 Å². The fourth-order valence-electron chi connectivity index (χ4n) is 4.06. The molecule has 0 saturated heterocycles. The fraction of sp³-hybridized carbons (Fsp3) is 0.0385. The van der Waals surface area contributed by atoms with Crippen molar-refractivity contribution in [3.8, 4) is 0 Å². The predicted molar refractivity (Wildman–Crippen MR) is 114 cm³/mol. The van der Waals surface area contributed by atoms with Gasteiger partial charge in [-0.25, -0.2) is 0 Å². The predicted octanol–water partition coefficient (Wildman–Crippen LogP) is 6.59. The molecule has 0 bridgehead atoms. The summed E-state index contributed by atoms with van der Waals surface area (Å²) < 4.78 is 0. The second kappa shape index (κ2) is 6.37. The summed E-state index contributed by atoms with van der Waals surface area (Å²) in [5.74, 6) is 0.119. The van der Waals surface area contributed by atoms with Crippen molar-refractivity contribution in [1.29, 1.82) is 0 Å². The van der Waals surface area contributed by atoms with Gasteiger partial charge in [0.15, 0.2) is 0 Å². The van der Waals surface area contributed by atoms with E-state index in [0.29, 0.717) is 0 Å². The molecule has 1 atom stereocenters. The molecule has 0 spiro atoms. The van der Waals surface area contributed by atoms with Gasteiger partial charge in [0, 0.05) is 18.3 Å². The van der Waals surface area contributed by atoms with Gasteiger partial charge in [-0.05, 0) is 56.3 Å². The van der Waals surface area contributed by atoms with Crippen LogP contribution >= 0.6 is 0 Å². The van der Waals surface area contributed by atoms with Crippen LogP contribution in [0.5, 0.6) is 0 Å². The number of hydrogen-bond donors (Lipinski definition) is 0. The molecule has 1 unspecified atom stereocenters. The smallest absolute Gasteiger partial charge is 0.0347 e. The Balaban J connectivity index is 1.74. The summed E-state index contributed by atoms with van der Waals surface area (Å²) >= 11 is 0. The summed E-state index contributed by atoms with van der Waals surface area (Å²) in [5.41, 5.74) is 7.25. The van der Waals surface area contributed by atoms with Crippen LogP contribution in [0.3, 0.4) is 0 Å². The molecule has 1 aromatic heterocycles. The van der Waals surface area contributed by atoms with Gasteiger partial charge in [0.05, 0.1) is 0 Å². The Morgan fingerprint density at radius 3 is 2.44 bits per heavy atom. The summed E-state index contributed by atoms with van der Waals surface area (Å²) in [6, 6.07) is 27.9. The van der Waals surface area contributed by atoms with Crippen LogP contribution < -0.4 is 0 Å². The minimum Gasteiger partial charge on any atom is -0.264 e. The molecular formula is C26H19N. The lowest BCUT2D eigenvalue weighted by Gasteiger charge is -2.29. The maximum atomic E-state index is 4.51. The van der Waals surface area contributed by atoms with Crippen molar-refractivity contribution in [3.63, 3.8) is 0 Å². The van der Waals surface area contributed by atoms with Crippen molar-refractivity contribution in [1.82, 2.24) is 4.98 Å². The highest BCUT2D eigenvalue weighted by Crippen LogP contribution is 2.47. The van der Waals surface area contributed by atoms with Crippen molar-refractivity contribution >= 4 is 28.0 Å². The van der Waals surface area contributed by atoms with Crippen LogP contribution in [0.25, 0.3) is 28.0 Å². The van der Waals surface area contributed by atoms with Gasteiger partial charge in [-0.3, -0.25) is 4.98 Å². The van der Waals surface area contributed by atoms with E-state index in [1.165, 1.54) is 33.0 Å². The lowest BCUT2D eigenvalue weighted by atomic mass is 9.74. The van der Waals surface area contributed by atoms with Crippen LogP contribution in [0, 0.1) is 0 Å². The minimum atomic E-state index is 0.119. The highest BCUT2D eigenvalue weighted by molar-refractivity contribution is 6.01. The van der Waals surface area contributed by atoms with Gasteiger partial charge in [-0.15, -0.1) is 0 Å². The normalized spacial score (nSPS) is 16.1. The van der Waals surface area contributed by atoms with Crippen molar-refractivity contribution in [2.75, 3.05) is 0 Å². The lowest BCUT2D eigenvalue weighted by molar-refractivity contribution is 1.12. The molecule has 5 rings (SSSR count). The first kappa shape index (κ1) is 15.8. The molecule has 0 fully saturated rings. The highest BCUT2D eigenvalue weighted by atomic mass is 14.6. The van der Waals surface area contributed by atoms with Gasteiger partial charge in [-0.2, -0.15) is 0 Å². The van der Waals surface area contributed by atoms with E-state index in [0.717, 1.165) is 11.1 Å². The third-order valence-electron chi connectivity index (χ3n) is 5.38. The van der Waals surface area contributed by atoms with Crippen LogP contribution in [0.15, 0.2) is 97.8 Å². The molecular weight excluding hydrogens is 326 g/mol. The average Bonchev–Trinajstić information content (AvgIpc) is 2.74. The Morgan fingerprint density at radius 1 is 0.778 bits per heavy atom. The zero-order valence-electron chi connectivity index (χ0n) is 15.0. The van der Waals surface area contributed by atoms with Crippen LogP contribution in [0.4, 0.5) is 0 Å². The molecule has 3 aromatic carbocycles. The zero-order chi connectivity index (χ0) is 18.2. The van der Waals surface area contributed by atoms with Crippen LogP contribution in [0.1, 0.15) is 28.2 Å². The van der Waals surface area contributed by atoms with Gasteiger partial charge in [0.1, 0.15) is 0 Å². The number of nitrogens with zero attached hydrogens (tertiary/aromatic N) is 1. The third kappa shape index (κ3) is 2.69. The Morgan fingerprint density at radius 2 is 1.59 bits per heavy atom. The number of allylic oxidation sites excluding steroid dienone is 2. The van der Waals surface area contributed by atoms with Crippen molar-refractivity contribution in [2.24, 2.45) is 0 Å². The maximum Gasteiger partial charge on any atom is 0.0347 e. The van der Waals surface area contributed by atoms with Crippen molar-refractivity contribution in [2.45, 2.75) is 5.92 Å². The summed E-state index contributed by atoms with van der Waals surface area (Å²) in [6.45, 7) is 4.51. The monoisotopic (exact) mass is 345 g/mol. The van der Waals surface area contributed by atoms with E-state index < -0.39 is 0 Å². The molecule has 1 heteroatoms. The molecule has 0 amide bonds. The third-order valence-corrected chi connectivity index (χ3v) is 5.38. The van der Waals surface area contributed by atoms with Gasteiger partial charge in [-0.1, -0.05) is 79.4 Å². The van der Waals surface area contributed by atoms with Gasteiger partial charge < -0.3 is 0 Å². The average molecular weight is 345 g/mol. The molecule has 27 heavy (non-hydrogen) atoms. The molecule has 1 nitrogen and oxygen atoms in total. The van der Waals surface area contributed by atoms with Gasteiger partial charge >= 0.3 is 0 Å². The molecule has 128 valence electrons. The Bertz CT molecular complexity index is 1180. The number of hydrogen-bond acceptors (Lipinski definition) is 1. The second-order valence-corrected chi connectivity index (χ2v) is 6.99. The van der Waals surface area contributed by atoms with Crippen LogP contribution in [-0.4, -0.2) is 4.98 Å². The van der Waals surface area contributed by atoms with Crippen LogP contribution in [-0.2, 0) is 0 Å². The van der Waals surface area contributed by atoms with E-state index in [-0.39, 0.29) is 5.92 Å². The molecule has 1 aliphatic carbocycles. The second-order valence-electron chi connectivity index (χ2n) is 6.99. The number of pyridine rings is 1. The first-order chi connectivity index (χ1) is 13.3. The highest BCUT2D eigenvalue weighted by Gasteiger charge is 2.27. The summed E-state index contributed by atoms with van der Waals surface area (Å²) in [5, 5.41) is 2.52. The van der Waals surface area contributed by atoms with Crippen LogP contribution in [0.2, 0.25) is 0 Å². The maximum absolute atomic E-state index is 4.51. The number of aromatic nitrogens is 1. The fourth-order valence-corrected chi connectivity index (χ4v) is 4.06. The molecule has 1 aliphatic rings. The molecule has 0 saturated carbocycles. The summed E-state index contributed by atoms with van der Waals surface area (Å²) in [4.78, 5) is 4.35. The quantitative estimate of drug-likeness (QED) is 0.399.